The third kappa shape index (κ3) is 7.93. The number of hydrogen-bond acceptors (Lipinski definition) is 3. The van der Waals surface area contributed by atoms with E-state index in [1.165, 1.54) is 0 Å². The summed E-state index contributed by atoms with van der Waals surface area (Å²) < 4.78 is 0. The number of primary amides is 1. The first-order valence-corrected chi connectivity index (χ1v) is 5.04. The number of hydrogen-bond donors (Lipinski definition) is 3. The maximum atomic E-state index is 11.3. The quantitative estimate of drug-likeness (QED) is 0.589. The molecule has 0 aromatic rings. The second-order valence-electron chi connectivity index (χ2n) is 4.88. The number of rotatable bonds is 5. The van der Waals surface area contributed by atoms with Crippen LogP contribution in [0.2, 0.25) is 0 Å². The average Bonchev–Trinajstić information content (AvgIpc) is 2.00. The predicted octanol–water partition coefficient (Wildman–Crippen LogP) is -0.258. The Kier molecular flexibility index (Phi) is 5.28. The molecule has 0 radical (unpaired) electrons. The Morgan fingerprint density at radius 3 is 2.27 bits per heavy atom. The maximum Gasteiger partial charge on any atom is 0.237 e. The van der Waals surface area contributed by atoms with Crippen molar-refractivity contribution in [2.24, 2.45) is 16.9 Å². The van der Waals surface area contributed by atoms with Gasteiger partial charge in [-0.2, -0.15) is 0 Å². The molecule has 0 fully saturated rings. The minimum absolute atomic E-state index is 0.110. The average molecular weight is 215 g/mol. The monoisotopic (exact) mass is 215 g/mol. The van der Waals surface area contributed by atoms with Gasteiger partial charge in [-0.1, -0.05) is 20.8 Å². The van der Waals surface area contributed by atoms with Crippen LogP contribution in [0.25, 0.3) is 0 Å². The molecule has 0 spiro atoms. The Balaban J connectivity index is 3.79. The normalized spacial score (nSPS) is 13.3. The first-order valence-electron chi connectivity index (χ1n) is 5.04. The van der Waals surface area contributed by atoms with Gasteiger partial charge >= 0.3 is 0 Å². The van der Waals surface area contributed by atoms with Gasteiger partial charge < -0.3 is 16.8 Å². The Labute approximate surface area is 90.6 Å². The molecule has 0 aliphatic carbocycles. The fourth-order valence-electron chi connectivity index (χ4n) is 1.00. The van der Waals surface area contributed by atoms with E-state index in [0.717, 1.165) is 6.42 Å². The van der Waals surface area contributed by atoms with Crippen LogP contribution in [0, 0.1) is 5.41 Å². The molecule has 5 N–H and O–H groups in total. The molecular weight excluding hydrogens is 194 g/mol. The van der Waals surface area contributed by atoms with Gasteiger partial charge in [0.15, 0.2) is 0 Å². The fraction of sp³-hybridized carbons (Fsp3) is 0.800. The lowest BCUT2D eigenvalue weighted by molar-refractivity contribution is -0.126. The minimum Gasteiger partial charge on any atom is -0.370 e. The second kappa shape index (κ2) is 5.70. The summed E-state index contributed by atoms with van der Waals surface area (Å²) in [6.07, 6.45) is 0.753. The van der Waals surface area contributed by atoms with Gasteiger partial charge in [0.25, 0.3) is 0 Å². The van der Waals surface area contributed by atoms with Gasteiger partial charge in [0, 0.05) is 6.54 Å². The van der Waals surface area contributed by atoms with Crippen LogP contribution in [-0.4, -0.2) is 24.4 Å². The topological polar surface area (TPSA) is 98.2 Å². The largest absolute Gasteiger partial charge is 0.370 e. The summed E-state index contributed by atoms with van der Waals surface area (Å²) in [5.74, 6) is -0.883. The van der Waals surface area contributed by atoms with Crippen LogP contribution in [0.1, 0.15) is 33.6 Å². The summed E-state index contributed by atoms with van der Waals surface area (Å²) in [6.45, 7) is 6.82. The van der Waals surface area contributed by atoms with Crippen LogP contribution >= 0.6 is 0 Å². The zero-order chi connectivity index (χ0) is 12.1. The molecule has 0 aromatic carbocycles. The fourth-order valence-corrected chi connectivity index (χ4v) is 1.00. The van der Waals surface area contributed by atoms with Crippen molar-refractivity contribution in [1.82, 2.24) is 5.32 Å². The molecular formula is C10H21N3O2. The molecule has 0 rings (SSSR count). The summed E-state index contributed by atoms with van der Waals surface area (Å²) in [5.41, 5.74) is 10.6. The molecule has 2 amide bonds. The van der Waals surface area contributed by atoms with E-state index in [0.29, 0.717) is 6.54 Å². The van der Waals surface area contributed by atoms with Crippen LogP contribution < -0.4 is 16.8 Å². The molecule has 1 atom stereocenters. The van der Waals surface area contributed by atoms with E-state index in [9.17, 15) is 9.59 Å². The van der Waals surface area contributed by atoms with E-state index < -0.39 is 11.9 Å². The number of nitrogens with one attached hydrogen (secondary N) is 1. The summed E-state index contributed by atoms with van der Waals surface area (Å²) in [7, 11) is 0. The van der Waals surface area contributed by atoms with Gasteiger partial charge in [-0.05, 0) is 11.8 Å². The van der Waals surface area contributed by atoms with Gasteiger partial charge in [0.1, 0.15) is 0 Å². The summed E-state index contributed by atoms with van der Waals surface area (Å²) in [4.78, 5) is 21.8. The second-order valence-corrected chi connectivity index (χ2v) is 4.88. The first-order chi connectivity index (χ1) is 6.72. The van der Waals surface area contributed by atoms with Gasteiger partial charge in [-0.3, -0.25) is 9.59 Å². The highest BCUT2D eigenvalue weighted by molar-refractivity contribution is 5.87. The van der Waals surface area contributed by atoms with Crippen LogP contribution in [0.3, 0.4) is 0 Å². The zero-order valence-electron chi connectivity index (χ0n) is 9.67. The van der Waals surface area contributed by atoms with E-state index in [4.69, 9.17) is 11.5 Å². The number of nitrogens with two attached hydrogens (primary N) is 2. The Bertz CT molecular complexity index is 233. The lowest BCUT2D eigenvalue weighted by Crippen LogP contribution is -2.43. The standard InChI is InChI=1S/C10H21N3O2/c1-10(2,3)4-5-13-9(15)7(11)6-8(12)14/h7H,4-6,11H2,1-3H3,(H2,12,14)(H,13,15)/t7-/m0/s1. The van der Waals surface area contributed by atoms with Gasteiger partial charge in [-0.25, -0.2) is 0 Å². The molecule has 0 heterocycles. The number of carbonyl (C=O) groups is 2. The number of carbonyl (C=O) groups excluding carboxylic acids is 2. The molecule has 5 heteroatoms. The highest BCUT2D eigenvalue weighted by Crippen LogP contribution is 2.16. The van der Waals surface area contributed by atoms with Crippen molar-refractivity contribution in [3.05, 3.63) is 0 Å². The van der Waals surface area contributed by atoms with Crippen LogP contribution in [0.5, 0.6) is 0 Å². The van der Waals surface area contributed by atoms with Crippen molar-refractivity contribution < 1.29 is 9.59 Å². The Morgan fingerprint density at radius 2 is 1.87 bits per heavy atom. The molecule has 0 aliphatic heterocycles. The van der Waals surface area contributed by atoms with Gasteiger partial charge in [0.2, 0.25) is 11.8 Å². The molecule has 0 saturated heterocycles. The molecule has 0 bridgehead atoms. The van der Waals surface area contributed by atoms with E-state index in [1.807, 2.05) is 0 Å². The van der Waals surface area contributed by atoms with E-state index in [1.54, 1.807) is 0 Å². The lowest BCUT2D eigenvalue weighted by atomic mass is 9.92. The van der Waals surface area contributed by atoms with Crippen molar-refractivity contribution in [1.29, 1.82) is 0 Å². The van der Waals surface area contributed by atoms with Crippen molar-refractivity contribution in [3.8, 4) is 0 Å². The van der Waals surface area contributed by atoms with Gasteiger partial charge in [0.05, 0.1) is 12.5 Å². The molecule has 0 unspecified atom stereocenters. The van der Waals surface area contributed by atoms with Crippen LogP contribution in [-0.2, 0) is 9.59 Å². The third-order valence-corrected chi connectivity index (χ3v) is 1.93. The molecule has 88 valence electrons. The Hall–Kier alpha value is -1.10. The lowest BCUT2D eigenvalue weighted by Gasteiger charge is -2.18. The van der Waals surface area contributed by atoms with Crippen molar-refractivity contribution in [3.63, 3.8) is 0 Å². The molecule has 0 aromatic heterocycles. The minimum atomic E-state index is -0.831. The van der Waals surface area contributed by atoms with Crippen molar-refractivity contribution in [2.45, 2.75) is 39.7 Å². The SMILES string of the molecule is CC(C)(C)CCNC(=O)[C@@H](N)CC(N)=O. The first kappa shape index (κ1) is 13.9. The molecule has 5 nitrogen and oxygen atoms in total. The summed E-state index contributed by atoms with van der Waals surface area (Å²) in [6, 6.07) is -0.831. The maximum absolute atomic E-state index is 11.3. The van der Waals surface area contributed by atoms with E-state index in [-0.39, 0.29) is 17.7 Å². The van der Waals surface area contributed by atoms with Gasteiger partial charge in [-0.15, -0.1) is 0 Å². The predicted molar refractivity (Wildman–Crippen MR) is 58.9 cm³/mol. The van der Waals surface area contributed by atoms with E-state index >= 15 is 0 Å². The molecule has 15 heavy (non-hydrogen) atoms. The number of amides is 2. The highest BCUT2D eigenvalue weighted by Gasteiger charge is 2.16. The summed E-state index contributed by atoms with van der Waals surface area (Å²) >= 11 is 0. The van der Waals surface area contributed by atoms with Crippen molar-refractivity contribution >= 4 is 11.8 Å². The van der Waals surface area contributed by atoms with E-state index in [2.05, 4.69) is 26.1 Å². The van der Waals surface area contributed by atoms with Crippen molar-refractivity contribution in [2.75, 3.05) is 6.54 Å². The highest BCUT2D eigenvalue weighted by atomic mass is 16.2. The Morgan fingerprint density at radius 1 is 1.33 bits per heavy atom. The van der Waals surface area contributed by atoms with Crippen LogP contribution in [0.15, 0.2) is 0 Å². The molecule has 0 saturated carbocycles. The third-order valence-electron chi connectivity index (χ3n) is 1.93. The van der Waals surface area contributed by atoms with Crippen LogP contribution in [0.4, 0.5) is 0 Å². The smallest absolute Gasteiger partial charge is 0.237 e. The zero-order valence-corrected chi connectivity index (χ0v) is 9.67. The molecule has 0 aliphatic rings. The summed E-state index contributed by atoms with van der Waals surface area (Å²) in [5, 5.41) is 2.67.